The van der Waals surface area contributed by atoms with Crippen LogP contribution in [0.2, 0.25) is 0 Å². The molecule has 0 aromatic carbocycles. The number of aryl methyl sites for hydroxylation is 1. The number of hydrogen-bond acceptors (Lipinski definition) is 12. The summed E-state index contributed by atoms with van der Waals surface area (Å²) in [5.41, 5.74) is 16.4. The number of carbonyl (C=O) groups excluding carboxylic acids is 4. The van der Waals surface area contributed by atoms with Crippen molar-refractivity contribution < 1.29 is 38.5 Å². The number of imide groups is 1. The molecule has 7 rings (SSSR count). The number of amides is 4. The summed E-state index contributed by atoms with van der Waals surface area (Å²) >= 11 is 0. The van der Waals surface area contributed by atoms with Crippen LogP contribution in [0.1, 0.15) is 119 Å². The first-order chi connectivity index (χ1) is 32.3. The number of aliphatic hydroxyl groups excluding tert-OH is 1. The van der Waals surface area contributed by atoms with Crippen LogP contribution in [0.4, 0.5) is 0 Å². The lowest BCUT2D eigenvalue weighted by Crippen LogP contribution is -2.47. The number of H-pyrrole nitrogens is 2. The minimum atomic E-state index is -0.397. The van der Waals surface area contributed by atoms with Gasteiger partial charge in [0, 0.05) is 107 Å². The minimum absolute atomic E-state index is 0.0477. The summed E-state index contributed by atoms with van der Waals surface area (Å²) in [4.78, 5) is 81.2. The van der Waals surface area contributed by atoms with E-state index in [2.05, 4.69) is 28.7 Å². The maximum Gasteiger partial charge on any atom is 0.264 e. The molecule has 5 aliphatic rings. The number of morpholine rings is 1. The van der Waals surface area contributed by atoms with Crippen LogP contribution in [0.3, 0.4) is 0 Å². The normalized spacial score (nSPS) is 18.1. The molecule has 17 nitrogen and oxygen atoms in total. The Morgan fingerprint density at radius 3 is 2.31 bits per heavy atom. The van der Waals surface area contributed by atoms with E-state index in [4.69, 9.17) is 35.0 Å². The second-order valence-corrected chi connectivity index (χ2v) is 17.8. The third-order valence-corrected chi connectivity index (χ3v) is 13.6. The topological polar surface area (TPSA) is 213 Å². The molecular formula is C50H67N9O8. The van der Waals surface area contributed by atoms with Crippen LogP contribution in [0.15, 0.2) is 30.4 Å². The van der Waals surface area contributed by atoms with Crippen molar-refractivity contribution >= 4 is 57.0 Å². The number of nitrogens with two attached hydrogens (primary N) is 1. The van der Waals surface area contributed by atoms with Crippen LogP contribution in [-0.4, -0.2) is 174 Å². The first-order valence-electron chi connectivity index (χ1n) is 23.6. The van der Waals surface area contributed by atoms with E-state index < -0.39 is 5.91 Å². The van der Waals surface area contributed by atoms with Crippen LogP contribution in [-0.2, 0) is 23.8 Å². The van der Waals surface area contributed by atoms with Gasteiger partial charge >= 0.3 is 0 Å². The molecule has 360 valence electrons. The number of aromatic amines is 2. The predicted molar refractivity (Wildman–Crippen MR) is 258 cm³/mol. The third-order valence-electron chi connectivity index (χ3n) is 13.6. The first-order valence-corrected chi connectivity index (χ1v) is 23.6. The number of allylic oxidation sites excluding steroid dienone is 5. The second kappa shape index (κ2) is 22.0. The van der Waals surface area contributed by atoms with Gasteiger partial charge in [-0.3, -0.25) is 29.0 Å². The average Bonchev–Trinajstić information content (AvgIpc) is 4.00. The van der Waals surface area contributed by atoms with Crippen molar-refractivity contribution in [1.29, 1.82) is 0 Å². The molecule has 7 heterocycles. The lowest BCUT2D eigenvalue weighted by molar-refractivity contribution is -0.130. The predicted octanol–water partition coefficient (Wildman–Crippen LogP) is 4.67. The van der Waals surface area contributed by atoms with Gasteiger partial charge in [-0.15, -0.1) is 0 Å². The van der Waals surface area contributed by atoms with Crippen molar-refractivity contribution in [1.82, 2.24) is 39.5 Å². The molecule has 17 heteroatoms. The molecule has 5 aliphatic heterocycles. The zero-order chi connectivity index (χ0) is 47.9. The van der Waals surface area contributed by atoms with Crippen LogP contribution < -0.4 is 5.73 Å². The Morgan fingerprint density at radius 2 is 1.60 bits per heavy atom. The lowest BCUT2D eigenvalue weighted by atomic mass is 9.84. The van der Waals surface area contributed by atoms with E-state index in [9.17, 15) is 14.4 Å². The van der Waals surface area contributed by atoms with Crippen molar-refractivity contribution in [2.45, 2.75) is 65.7 Å². The Hall–Kier alpha value is -5.56. The van der Waals surface area contributed by atoms with E-state index in [0.29, 0.717) is 124 Å². The van der Waals surface area contributed by atoms with E-state index in [0.717, 1.165) is 44.9 Å². The average molecular weight is 922 g/mol. The highest BCUT2D eigenvalue weighted by Crippen LogP contribution is 2.45. The van der Waals surface area contributed by atoms with Gasteiger partial charge in [-0.05, 0) is 80.2 Å². The molecule has 2 aromatic rings. The van der Waals surface area contributed by atoms with E-state index in [-0.39, 0.29) is 55.7 Å². The van der Waals surface area contributed by atoms with Crippen molar-refractivity contribution in [3.05, 3.63) is 81.2 Å². The third kappa shape index (κ3) is 10.6. The maximum atomic E-state index is 15.1. The van der Waals surface area contributed by atoms with Gasteiger partial charge in [0.2, 0.25) is 11.8 Å². The van der Waals surface area contributed by atoms with E-state index in [1.807, 2.05) is 39.0 Å². The zero-order valence-corrected chi connectivity index (χ0v) is 40.1. The summed E-state index contributed by atoms with van der Waals surface area (Å²) in [6, 6.07) is 5.94. The maximum absolute atomic E-state index is 15.1. The highest BCUT2D eigenvalue weighted by molar-refractivity contribution is 6.23. The second-order valence-electron chi connectivity index (χ2n) is 17.8. The zero-order valence-electron chi connectivity index (χ0n) is 40.1. The molecule has 2 aromatic heterocycles. The summed E-state index contributed by atoms with van der Waals surface area (Å²) in [5, 5.41) is 8.91. The Kier molecular flexibility index (Phi) is 16.2. The number of fused-ring (bicyclic) bond motifs is 8. The molecule has 4 amide bonds. The molecule has 0 spiro atoms. The number of likely N-dealkylation sites (N-methyl/N-ethyl adjacent to an activating group) is 2. The molecule has 0 aliphatic carbocycles. The first kappa shape index (κ1) is 49.3. The number of nitrogens with zero attached hydrogens (tertiary/aromatic N) is 6. The quantitative estimate of drug-likeness (QED) is 0.0861. The lowest BCUT2D eigenvalue weighted by Gasteiger charge is -2.31. The van der Waals surface area contributed by atoms with Gasteiger partial charge in [0.05, 0.1) is 85.7 Å². The van der Waals surface area contributed by atoms with Crippen molar-refractivity contribution in [2.75, 3.05) is 106 Å². The van der Waals surface area contributed by atoms with Gasteiger partial charge < -0.3 is 44.8 Å². The molecule has 67 heavy (non-hydrogen) atoms. The van der Waals surface area contributed by atoms with Gasteiger partial charge in [-0.1, -0.05) is 13.8 Å². The van der Waals surface area contributed by atoms with Gasteiger partial charge in [-0.2, -0.15) is 0 Å². The monoisotopic (exact) mass is 922 g/mol. The number of aromatic nitrogens is 4. The number of ether oxygens (including phenoxy) is 3. The molecule has 0 unspecified atom stereocenters. The largest absolute Gasteiger partial charge is 0.394 e. The molecule has 2 atom stereocenters. The number of hydrogen-bond donors (Lipinski definition) is 4. The van der Waals surface area contributed by atoms with Crippen molar-refractivity contribution in [3.8, 4) is 0 Å². The number of nitrogens with one attached hydrogen (secondary N) is 2. The smallest absolute Gasteiger partial charge is 0.264 e. The summed E-state index contributed by atoms with van der Waals surface area (Å²) in [6.07, 6.45) is 4.70. The van der Waals surface area contributed by atoms with Crippen LogP contribution in [0.25, 0.3) is 33.3 Å². The Morgan fingerprint density at radius 1 is 0.896 bits per heavy atom. The molecule has 1 fully saturated rings. The Labute approximate surface area is 392 Å². The highest BCUT2D eigenvalue weighted by atomic mass is 16.5. The van der Waals surface area contributed by atoms with Crippen LogP contribution in [0.5, 0.6) is 0 Å². The molecule has 0 radical (unpaired) electrons. The molecule has 5 N–H and O–H groups in total. The van der Waals surface area contributed by atoms with Crippen LogP contribution in [0, 0.1) is 6.92 Å². The fourth-order valence-corrected chi connectivity index (χ4v) is 9.42. The Balaban J connectivity index is 1.38. The van der Waals surface area contributed by atoms with Crippen molar-refractivity contribution in [3.63, 3.8) is 0 Å². The van der Waals surface area contributed by atoms with Gasteiger partial charge in [0.15, 0.2) is 0 Å². The summed E-state index contributed by atoms with van der Waals surface area (Å²) in [7, 11) is 3.47. The number of carbonyl (C=O) groups is 4. The Bertz CT molecular complexity index is 2530. The van der Waals surface area contributed by atoms with E-state index >= 15 is 4.79 Å². The molecule has 0 saturated carbocycles. The van der Waals surface area contributed by atoms with E-state index in [1.165, 1.54) is 4.90 Å². The van der Waals surface area contributed by atoms with Crippen molar-refractivity contribution in [2.24, 2.45) is 5.73 Å². The summed E-state index contributed by atoms with van der Waals surface area (Å²) in [5.74, 6) is -1.50. The minimum Gasteiger partial charge on any atom is -0.394 e. The van der Waals surface area contributed by atoms with Crippen LogP contribution >= 0.6 is 0 Å². The number of aliphatic hydroxyl groups is 1. The summed E-state index contributed by atoms with van der Waals surface area (Å²) in [6.45, 7) is 15.8. The molecule has 1 saturated heterocycles. The van der Waals surface area contributed by atoms with E-state index in [1.54, 1.807) is 36.0 Å². The fourth-order valence-electron chi connectivity index (χ4n) is 9.42. The fraction of sp³-hybridized carbons (Fsp3) is 0.520. The van der Waals surface area contributed by atoms with Gasteiger partial charge in [0.1, 0.15) is 0 Å². The standard InChI is InChI=1S/C50H67N9O8/c1-8-34-30(2)38-28-42-35(9-11-44(62)57(7)17-21-66-25-26-67-24-20-60)31(3)37(53-42)27-39-32(4)36(10-12-43(61)56(6)14-13-51)47(54-39)46-48-45(33(5)40(55-48)29-41(34)52-38)49(63)59(50(46)64)16-15-58-18-22-65-23-19-58/h9,11,27-29,32,36,54-55,60H,8,10,12-26,51H2,1-7H3/b11-9+,39-27?,41-29?,42-28?,47-46?/t32-,36-/m0/s1. The van der Waals surface area contributed by atoms with Gasteiger partial charge in [0.25, 0.3) is 11.8 Å². The molecular weight excluding hydrogens is 855 g/mol. The highest BCUT2D eigenvalue weighted by Gasteiger charge is 2.41. The molecule has 8 bridgehead atoms. The summed E-state index contributed by atoms with van der Waals surface area (Å²) < 4.78 is 16.4. The SMILES string of the molecule is CCC1=C(C)c2cc3nc(cc4[nH]c(c5c6[nH]c(cc1n2)c(C)c6C(=O)N(CCN1CCOCC1)C5=O)[C@@H](CCC(=O)N(C)CCN)[C@@H]4C)C(C)=C3/C=C/C(=O)N(C)CCOCCOCCO. The number of rotatable bonds is 19. The van der Waals surface area contributed by atoms with Gasteiger partial charge in [-0.25, -0.2) is 9.97 Å².